The largest absolute Gasteiger partial charge is 0.278 e. The molecule has 2 rings (SSSR count). The van der Waals surface area contributed by atoms with Gasteiger partial charge in [0.15, 0.2) is 0 Å². The molecule has 0 aromatic carbocycles. The summed E-state index contributed by atoms with van der Waals surface area (Å²) in [6, 6.07) is 0. The lowest BCUT2D eigenvalue weighted by Gasteiger charge is -2.19. The predicted octanol–water partition coefficient (Wildman–Crippen LogP) is 2.01. The van der Waals surface area contributed by atoms with Crippen LogP contribution in [0.4, 0.5) is 0 Å². The zero-order valence-electron chi connectivity index (χ0n) is 6.72. The van der Waals surface area contributed by atoms with Gasteiger partial charge in [-0.2, -0.15) is 5.10 Å². The average molecular weight is 148 g/mol. The Morgan fingerprint density at radius 2 is 2.55 bits per heavy atom. The molecule has 2 heteroatoms. The molecule has 0 saturated heterocycles. The van der Waals surface area contributed by atoms with Gasteiger partial charge in [-0.15, -0.1) is 0 Å². The van der Waals surface area contributed by atoms with Gasteiger partial charge in [0.05, 0.1) is 11.9 Å². The predicted molar refractivity (Wildman–Crippen MR) is 45.1 cm³/mol. The Morgan fingerprint density at radius 3 is 3.36 bits per heavy atom. The molecule has 0 saturated carbocycles. The van der Waals surface area contributed by atoms with Gasteiger partial charge in [0.25, 0.3) is 0 Å². The quantitative estimate of drug-likeness (QED) is 0.599. The first-order chi connectivity index (χ1) is 5.29. The van der Waals surface area contributed by atoms with E-state index in [1.165, 1.54) is 23.3 Å². The summed E-state index contributed by atoms with van der Waals surface area (Å²) in [5.41, 5.74) is 3.71. The summed E-state index contributed by atoms with van der Waals surface area (Å²) in [5.74, 6) is 0.614. The van der Waals surface area contributed by atoms with E-state index in [2.05, 4.69) is 23.7 Å². The molecule has 0 aliphatic heterocycles. The van der Waals surface area contributed by atoms with Crippen LogP contribution in [0, 0.1) is 5.92 Å². The highest BCUT2D eigenvalue weighted by molar-refractivity contribution is 5.66. The second kappa shape index (κ2) is 2.22. The van der Waals surface area contributed by atoms with Crippen molar-refractivity contribution in [2.45, 2.75) is 19.8 Å². The van der Waals surface area contributed by atoms with Crippen LogP contribution in [0.3, 0.4) is 0 Å². The van der Waals surface area contributed by atoms with Gasteiger partial charge in [-0.05, 0) is 29.9 Å². The SMILES string of the molecule is C=C1c2[nH]ncc2CCC1C. The number of nitrogens with zero attached hydrogens (tertiary/aromatic N) is 1. The molecular formula is C9H12N2. The van der Waals surface area contributed by atoms with Crippen LogP contribution in [0.15, 0.2) is 12.8 Å². The van der Waals surface area contributed by atoms with Gasteiger partial charge in [-0.3, -0.25) is 5.10 Å². The number of aromatic amines is 1. The topological polar surface area (TPSA) is 28.7 Å². The Balaban J connectivity index is 2.46. The molecule has 1 atom stereocenters. The summed E-state index contributed by atoms with van der Waals surface area (Å²) in [7, 11) is 0. The van der Waals surface area contributed by atoms with Gasteiger partial charge in [0.2, 0.25) is 0 Å². The van der Waals surface area contributed by atoms with Gasteiger partial charge in [-0.25, -0.2) is 0 Å². The van der Waals surface area contributed by atoms with Crippen molar-refractivity contribution >= 4 is 5.57 Å². The van der Waals surface area contributed by atoms with Crippen molar-refractivity contribution in [2.24, 2.45) is 5.92 Å². The van der Waals surface area contributed by atoms with Crippen molar-refractivity contribution in [3.05, 3.63) is 24.0 Å². The van der Waals surface area contributed by atoms with E-state index in [1.807, 2.05) is 6.20 Å². The standard InChI is InChI=1S/C9H12N2/c1-6-3-4-8-5-10-11-9(8)7(6)2/h5-6H,2-4H2,1H3,(H,10,11). The van der Waals surface area contributed by atoms with Crippen LogP contribution in [-0.2, 0) is 6.42 Å². The molecule has 1 aromatic heterocycles. The third-order valence-electron chi connectivity index (χ3n) is 2.48. The van der Waals surface area contributed by atoms with Crippen molar-refractivity contribution in [1.82, 2.24) is 10.2 Å². The maximum Gasteiger partial charge on any atom is 0.0638 e. The molecule has 0 bridgehead atoms. The van der Waals surface area contributed by atoms with Gasteiger partial charge in [-0.1, -0.05) is 13.5 Å². The molecule has 0 radical (unpaired) electrons. The van der Waals surface area contributed by atoms with E-state index in [0.29, 0.717) is 5.92 Å². The van der Waals surface area contributed by atoms with Crippen molar-refractivity contribution in [3.8, 4) is 0 Å². The second-order valence-electron chi connectivity index (χ2n) is 3.24. The molecule has 2 nitrogen and oxygen atoms in total. The smallest absolute Gasteiger partial charge is 0.0638 e. The van der Waals surface area contributed by atoms with E-state index < -0.39 is 0 Å². The minimum atomic E-state index is 0.614. The summed E-state index contributed by atoms with van der Waals surface area (Å²) in [6.07, 6.45) is 4.27. The number of hydrogen-bond acceptors (Lipinski definition) is 1. The first-order valence-electron chi connectivity index (χ1n) is 4.00. The van der Waals surface area contributed by atoms with Gasteiger partial charge < -0.3 is 0 Å². The summed E-state index contributed by atoms with van der Waals surface area (Å²) >= 11 is 0. The van der Waals surface area contributed by atoms with Crippen molar-refractivity contribution < 1.29 is 0 Å². The first-order valence-corrected chi connectivity index (χ1v) is 4.00. The maximum atomic E-state index is 4.04. The molecule has 11 heavy (non-hydrogen) atoms. The van der Waals surface area contributed by atoms with Crippen molar-refractivity contribution in [3.63, 3.8) is 0 Å². The zero-order valence-corrected chi connectivity index (χ0v) is 6.72. The lowest BCUT2D eigenvalue weighted by molar-refractivity contribution is 0.641. The lowest BCUT2D eigenvalue weighted by Crippen LogP contribution is -2.08. The van der Waals surface area contributed by atoms with Crippen molar-refractivity contribution in [1.29, 1.82) is 0 Å². The Morgan fingerprint density at radius 1 is 1.73 bits per heavy atom. The number of H-pyrrole nitrogens is 1. The summed E-state index contributed by atoms with van der Waals surface area (Å²) in [4.78, 5) is 0. The van der Waals surface area contributed by atoms with E-state index >= 15 is 0 Å². The minimum absolute atomic E-state index is 0.614. The van der Waals surface area contributed by atoms with Crippen LogP contribution in [-0.4, -0.2) is 10.2 Å². The highest BCUT2D eigenvalue weighted by Gasteiger charge is 2.19. The van der Waals surface area contributed by atoms with Gasteiger partial charge >= 0.3 is 0 Å². The Bertz CT molecular complexity index is 286. The highest BCUT2D eigenvalue weighted by atomic mass is 15.1. The molecule has 1 aliphatic rings. The van der Waals surface area contributed by atoms with Crippen LogP contribution < -0.4 is 0 Å². The van der Waals surface area contributed by atoms with E-state index in [9.17, 15) is 0 Å². The normalized spacial score (nSPS) is 23.4. The van der Waals surface area contributed by atoms with E-state index in [1.54, 1.807) is 0 Å². The molecule has 0 fully saturated rings. The fraction of sp³-hybridized carbons (Fsp3) is 0.444. The molecule has 0 amide bonds. The summed E-state index contributed by atoms with van der Waals surface area (Å²) < 4.78 is 0. The van der Waals surface area contributed by atoms with Crippen LogP contribution in [0.5, 0.6) is 0 Å². The third-order valence-corrected chi connectivity index (χ3v) is 2.48. The molecule has 0 spiro atoms. The van der Waals surface area contributed by atoms with Crippen LogP contribution >= 0.6 is 0 Å². The number of nitrogens with one attached hydrogen (secondary N) is 1. The number of aryl methyl sites for hydroxylation is 1. The third kappa shape index (κ3) is 0.897. The number of hydrogen-bond donors (Lipinski definition) is 1. The summed E-state index contributed by atoms with van der Waals surface area (Å²) in [5, 5.41) is 6.99. The summed E-state index contributed by atoms with van der Waals surface area (Å²) in [6.45, 7) is 6.25. The molecule has 1 aliphatic carbocycles. The minimum Gasteiger partial charge on any atom is -0.278 e. The van der Waals surface area contributed by atoms with Crippen molar-refractivity contribution in [2.75, 3.05) is 0 Å². The molecule has 1 aromatic rings. The average Bonchev–Trinajstić information content (AvgIpc) is 2.45. The molecular weight excluding hydrogens is 136 g/mol. The maximum absolute atomic E-state index is 4.04. The molecule has 1 unspecified atom stereocenters. The number of aromatic nitrogens is 2. The number of rotatable bonds is 0. The number of fused-ring (bicyclic) bond motifs is 1. The van der Waals surface area contributed by atoms with Crippen LogP contribution in [0.1, 0.15) is 24.6 Å². The molecule has 1 heterocycles. The monoisotopic (exact) mass is 148 g/mol. The van der Waals surface area contributed by atoms with E-state index in [0.717, 1.165) is 6.42 Å². The number of allylic oxidation sites excluding steroid dienone is 1. The van der Waals surface area contributed by atoms with Gasteiger partial charge in [0, 0.05) is 0 Å². The molecule has 1 N–H and O–H groups in total. The van der Waals surface area contributed by atoms with Gasteiger partial charge in [0.1, 0.15) is 0 Å². The fourth-order valence-electron chi connectivity index (χ4n) is 1.57. The Kier molecular flexibility index (Phi) is 1.34. The van der Waals surface area contributed by atoms with E-state index in [4.69, 9.17) is 0 Å². The Labute approximate surface area is 66.3 Å². The fourth-order valence-corrected chi connectivity index (χ4v) is 1.57. The van der Waals surface area contributed by atoms with Crippen LogP contribution in [0.2, 0.25) is 0 Å². The van der Waals surface area contributed by atoms with E-state index in [-0.39, 0.29) is 0 Å². The lowest BCUT2D eigenvalue weighted by atomic mass is 9.86. The highest BCUT2D eigenvalue weighted by Crippen LogP contribution is 2.31. The van der Waals surface area contributed by atoms with Crippen LogP contribution in [0.25, 0.3) is 5.57 Å². The second-order valence-corrected chi connectivity index (χ2v) is 3.24. The Hall–Kier alpha value is -1.05. The molecule has 58 valence electrons. The first kappa shape index (κ1) is 6.65. The zero-order chi connectivity index (χ0) is 7.84.